The lowest BCUT2D eigenvalue weighted by Gasteiger charge is -2.39. The molecule has 2 aliphatic heterocycles. The van der Waals surface area contributed by atoms with Crippen molar-refractivity contribution in [1.29, 1.82) is 0 Å². The number of rotatable bonds is 2. The molecule has 1 N–H and O–H groups in total. The molecule has 0 aromatic heterocycles. The van der Waals surface area contributed by atoms with Crippen LogP contribution in [0.1, 0.15) is 58.3 Å². The molecule has 2 saturated heterocycles. The fraction of sp³-hybridized carbons (Fsp3) is 0.867. The van der Waals surface area contributed by atoms with E-state index in [9.17, 15) is 14.7 Å². The highest BCUT2D eigenvalue weighted by atomic mass is 16.4. The smallest absolute Gasteiger partial charge is 0.326 e. The van der Waals surface area contributed by atoms with Crippen LogP contribution in [0.25, 0.3) is 0 Å². The van der Waals surface area contributed by atoms with Gasteiger partial charge < -0.3 is 14.9 Å². The summed E-state index contributed by atoms with van der Waals surface area (Å²) in [5.41, 5.74) is 0. The minimum atomic E-state index is -0.860. The van der Waals surface area contributed by atoms with Crippen LogP contribution in [-0.2, 0) is 4.79 Å². The van der Waals surface area contributed by atoms with E-state index < -0.39 is 12.0 Å². The molecule has 0 aromatic rings. The highest BCUT2D eigenvalue weighted by molar-refractivity contribution is 5.83. The third kappa shape index (κ3) is 3.25. The van der Waals surface area contributed by atoms with Crippen LogP contribution in [0.15, 0.2) is 0 Å². The average Bonchev–Trinajstić information content (AvgIpc) is 2.71. The second-order valence-corrected chi connectivity index (χ2v) is 5.93. The Hall–Kier alpha value is -1.26. The minimum absolute atomic E-state index is 0.0501. The van der Waals surface area contributed by atoms with E-state index in [1.165, 1.54) is 12.8 Å². The van der Waals surface area contributed by atoms with Gasteiger partial charge in [-0.25, -0.2) is 9.59 Å². The van der Waals surface area contributed by atoms with Gasteiger partial charge in [0.05, 0.1) is 0 Å². The van der Waals surface area contributed by atoms with Crippen LogP contribution in [0, 0.1) is 0 Å². The number of carbonyl (C=O) groups is 2. The Bertz CT molecular complexity index is 359. The lowest BCUT2D eigenvalue weighted by Crippen LogP contribution is -2.55. The van der Waals surface area contributed by atoms with Crippen molar-refractivity contribution in [1.82, 2.24) is 9.80 Å². The average molecular weight is 282 g/mol. The van der Waals surface area contributed by atoms with Crippen molar-refractivity contribution in [2.24, 2.45) is 0 Å². The van der Waals surface area contributed by atoms with Crippen LogP contribution in [0.4, 0.5) is 4.79 Å². The van der Waals surface area contributed by atoms with Gasteiger partial charge in [0.1, 0.15) is 6.04 Å². The summed E-state index contributed by atoms with van der Waals surface area (Å²) in [6.45, 7) is 3.48. The standard InChI is InChI=1S/C15H26N2O3/c1-2-12-8-4-3-6-10-16(12)15(20)17-11-7-5-9-13(17)14(18)19/h12-13H,2-11H2,1H3,(H,18,19). The van der Waals surface area contributed by atoms with Crippen LogP contribution in [0.3, 0.4) is 0 Å². The predicted molar refractivity (Wildman–Crippen MR) is 76.6 cm³/mol. The van der Waals surface area contributed by atoms with Gasteiger partial charge in [-0.1, -0.05) is 19.8 Å². The van der Waals surface area contributed by atoms with Gasteiger partial charge in [-0.2, -0.15) is 0 Å². The Kier molecular flexibility index (Phi) is 5.26. The number of carboxylic acid groups (broad SMARTS) is 1. The molecular weight excluding hydrogens is 256 g/mol. The Morgan fingerprint density at radius 1 is 1.00 bits per heavy atom. The molecule has 5 heteroatoms. The van der Waals surface area contributed by atoms with Crippen molar-refractivity contribution in [2.45, 2.75) is 70.4 Å². The van der Waals surface area contributed by atoms with E-state index in [1.54, 1.807) is 4.90 Å². The number of piperidine rings is 1. The van der Waals surface area contributed by atoms with Crippen LogP contribution in [-0.4, -0.2) is 52.1 Å². The molecule has 0 aromatic carbocycles. The Morgan fingerprint density at radius 2 is 1.65 bits per heavy atom. The second-order valence-electron chi connectivity index (χ2n) is 5.93. The largest absolute Gasteiger partial charge is 0.480 e. The third-order valence-electron chi connectivity index (χ3n) is 4.63. The normalized spacial score (nSPS) is 28.1. The fourth-order valence-electron chi connectivity index (χ4n) is 3.44. The lowest BCUT2D eigenvalue weighted by molar-refractivity contribution is -0.143. The van der Waals surface area contributed by atoms with E-state index >= 15 is 0 Å². The molecular formula is C15H26N2O3. The first-order chi connectivity index (χ1) is 9.65. The van der Waals surface area contributed by atoms with Gasteiger partial charge in [-0.05, 0) is 38.5 Å². The topological polar surface area (TPSA) is 60.9 Å². The summed E-state index contributed by atoms with van der Waals surface area (Å²) in [6, 6.07) is -0.399. The highest BCUT2D eigenvalue weighted by Crippen LogP contribution is 2.24. The van der Waals surface area contributed by atoms with Crippen LogP contribution < -0.4 is 0 Å². The Labute approximate surface area is 120 Å². The van der Waals surface area contributed by atoms with Crippen molar-refractivity contribution in [3.05, 3.63) is 0 Å². The molecule has 0 saturated carbocycles. The van der Waals surface area contributed by atoms with E-state index in [0.29, 0.717) is 13.0 Å². The van der Waals surface area contributed by atoms with Crippen molar-refractivity contribution in [3.63, 3.8) is 0 Å². The van der Waals surface area contributed by atoms with Crippen LogP contribution in [0.2, 0.25) is 0 Å². The first-order valence-corrected chi connectivity index (χ1v) is 7.95. The highest BCUT2D eigenvalue weighted by Gasteiger charge is 2.36. The zero-order valence-electron chi connectivity index (χ0n) is 12.4. The number of hydrogen-bond acceptors (Lipinski definition) is 2. The summed E-state index contributed by atoms with van der Waals surface area (Å²) in [7, 11) is 0. The van der Waals surface area contributed by atoms with E-state index in [0.717, 1.165) is 38.6 Å². The molecule has 0 radical (unpaired) electrons. The lowest BCUT2D eigenvalue weighted by atomic mass is 10.0. The van der Waals surface area contributed by atoms with E-state index in [1.807, 2.05) is 4.90 Å². The quantitative estimate of drug-likeness (QED) is 0.847. The number of carbonyl (C=O) groups excluding carboxylic acids is 1. The monoisotopic (exact) mass is 282 g/mol. The molecule has 2 atom stereocenters. The molecule has 114 valence electrons. The van der Waals surface area contributed by atoms with E-state index in [4.69, 9.17) is 0 Å². The summed E-state index contributed by atoms with van der Waals surface area (Å²) in [5.74, 6) is -0.860. The number of amides is 2. The summed E-state index contributed by atoms with van der Waals surface area (Å²) >= 11 is 0. The molecule has 0 aliphatic carbocycles. The molecule has 2 rings (SSSR count). The second kappa shape index (κ2) is 6.95. The molecule has 2 amide bonds. The Balaban J connectivity index is 2.12. The summed E-state index contributed by atoms with van der Waals surface area (Å²) in [6.07, 6.45) is 7.79. The Morgan fingerprint density at radius 3 is 2.35 bits per heavy atom. The summed E-state index contributed by atoms with van der Waals surface area (Å²) in [4.78, 5) is 27.7. The predicted octanol–water partition coefficient (Wildman–Crippen LogP) is 2.70. The molecule has 20 heavy (non-hydrogen) atoms. The van der Waals surface area contributed by atoms with Crippen molar-refractivity contribution in [2.75, 3.05) is 13.1 Å². The molecule has 2 unspecified atom stereocenters. The molecule has 2 fully saturated rings. The van der Waals surface area contributed by atoms with Gasteiger partial charge in [0.25, 0.3) is 0 Å². The number of hydrogen-bond donors (Lipinski definition) is 1. The number of carboxylic acids is 1. The van der Waals surface area contributed by atoms with Gasteiger partial charge in [0.15, 0.2) is 0 Å². The van der Waals surface area contributed by atoms with Gasteiger partial charge in [-0.3, -0.25) is 0 Å². The maximum Gasteiger partial charge on any atom is 0.326 e. The molecule has 0 bridgehead atoms. The SMILES string of the molecule is CCC1CCCCCN1C(=O)N1CCCCC1C(=O)O. The number of aliphatic carboxylic acids is 1. The third-order valence-corrected chi connectivity index (χ3v) is 4.63. The van der Waals surface area contributed by atoms with Crippen molar-refractivity contribution in [3.8, 4) is 0 Å². The summed E-state index contributed by atoms with van der Waals surface area (Å²) < 4.78 is 0. The number of urea groups is 1. The maximum atomic E-state index is 12.8. The molecule has 2 heterocycles. The van der Waals surface area contributed by atoms with Gasteiger partial charge >= 0.3 is 12.0 Å². The zero-order chi connectivity index (χ0) is 14.5. The van der Waals surface area contributed by atoms with Gasteiger partial charge in [-0.15, -0.1) is 0 Å². The van der Waals surface area contributed by atoms with Crippen LogP contribution in [0.5, 0.6) is 0 Å². The molecule has 2 aliphatic rings. The van der Waals surface area contributed by atoms with Gasteiger partial charge in [0.2, 0.25) is 0 Å². The number of nitrogens with zero attached hydrogens (tertiary/aromatic N) is 2. The zero-order valence-corrected chi connectivity index (χ0v) is 12.4. The summed E-state index contributed by atoms with van der Waals surface area (Å²) in [5, 5.41) is 9.32. The fourth-order valence-corrected chi connectivity index (χ4v) is 3.44. The van der Waals surface area contributed by atoms with E-state index in [-0.39, 0.29) is 12.1 Å². The number of likely N-dealkylation sites (tertiary alicyclic amines) is 2. The maximum absolute atomic E-state index is 12.8. The minimum Gasteiger partial charge on any atom is -0.480 e. The van der Waals surface area contributed by atoms with Crippen LogP contribution >= 0.6 is 0 Å². The van der Waals surface area contributed by atoms with E-state index in [2.05, 4.69) is 6.92 Å². The first-order valence-electron chi connectivity index (χ1n) is 7.95. The first kappa shape index (κ1) is 15.1. The van der Waals surface area contributed by atoms with Crippen molar-refractivity contribution < 1.29 is 14.7 Å². The van der Waals surface area contributed by atoms with Crippen molar-refractivity contribution >= 4 is 12.0 Å². The van der Waals surface area contributed by atoms with Gasteiger partial charge in [0, 0.05) is 19.1 Å². The molecule has 0 spiro atoms. The molecule has 5 nitrogen and oxygen atoms in total.